The molecule has 1 unspecified atom stereocenters. The highest BCUT2D eigenvalue weighted by Crippen LogP contribution is 2.20. The standard InChI is InChI=1S/C12H17N3O5S/c1-7(5-11(14)16)15-21(18,19)10-4-3-8(6-9(10)13)12(17)20-2/h3-4,6-7,15H,5,13H2,1-2H3,(H2,14,16). The normalized spacial score (nSPS) is 12.7. The zero-order valence-electron chi connectivity index (χ0n) is 11.6. The van der Waals surface area contributed by atoms with Gasteiger partial charge in [-0.2, -0.15) is 0 Å². The number of amides is 1. The molecule has 8 nitrogen and oxygen atoms in total. The number of benzene rings is 1. The third-order valence-corrected chi connectivity index (χ3v) is 4.25. The first-order valence-electron chi connectivity index (χ1n) is 5.96. The van der Waals surface area contributed by atoms with Crippen molar-refractivity contribution in [2.45, 2.75) is 24.3 Å². The van der Waals surface area contributed by atoms with Crippen molar-refractivity contribution in [2.75, 3.05) is 12.8 Å². The molecule has 0 heterocycles. The average Bonchev–Trinajstić information content (AvgIpc) is 2.35. The van der Waals surface area contributed by atoms with Crippen LogP contribution < -0.4 is 16.2 Å². The molecule has 1 aromatic carbocycles. The molecular weight excluding hydrogens is 298 g/mol. The largest absolute Gasteiger partial charge is 0.465 e. The number of carbonyl (C=O) groups excluding carboxylic acids is 2. The molecule has 0 aliphatic carbocycles. The van der Waals surface area contributed by atoms with Gasteiger partial charge in [0.05, 0.1) is 18.4 Å². The number of methoxy groups -OCH3 is 1. The van der Waals surface area contributed by atoms with E-state index >= 15 is 0 Å². The Labute approximate surface area is 122 Å². The maximum absolute atomic E-state index is 12.1. The number of anilines is 1. The summed E-state index contributed by atoms with van der Waals surface area (Å²) in [6, 6.07) is 3.02. The minimum Gasteiger partial charge on any atom is -0.465 e. The summed E-state index contributed by atoms with van der Waals surface area (Å²) >= 11 is 0. The number of hydrogen-bond donors (Lipinski definition) is 3. The van der Waals surface area contributed by atoms with Gasteiger partial charge in [-0.1, -0.05) is 0 Å². The molecule has 0 saturated heterocycles. The Balaban J connectivity index is 3.04. The van der Waals surface area contributed by atoms with Crippen LogP contribution >= 0.6 is 0 Å². The van der Waals surface area contributed by atoms with Crippen molar-refractivity contribution >= 4 is 27.6 Å². The van der Waals surface area contributed by atoms with Crippen LogP contribution in [-0.4, -0.2) is 33.4 Å². The second kappa shape index (κ2) is 6.55. The summed E-state index contributed by atoms with van der Waals surface area (Å²) in [5, 5.41) is 0. The number of primary amides is 1. The second-order valence-electron chi connectivity index (χ2n) is 4.44. The third kappa shape index (κ3) is 4.43. The second-order valence-corrected chi connectivity index (χ2v) is 6.12. The van der Waals surface area contributed by atoms with Gasteiger partial charge in [0.1, 0.15) is 4.90 Å². The number of carbonyl (C=O) groups is 2. The van der Waals surface area contributed by atoms with Gasteiger partial charge in [-0.05, 0) is 25.1 Å². The van der Waals surface area contributed by atoms with E-state index in [4.69, 9.17) is 11.5 Å². The van der Waals surface area contributed by atoms with Crippen molar-refractivity contribution in [3.05, 3.63) is 23.8 Å². The summed E-state index contributed by atoms with van der Waals surface area (Å²) in [5.41, 5.74) is 10.7. The fourth-order valence-corrected chi connectivity index (χ4v) is 3.07. The number of nitrogens with two attached hydrogens (primary N) is 2. The molecule has 0 fully saturated rings. The van der Waals surface area contributed by atoms with Gasteiger partial charge in [0.15, 0.2) is 0 Å². The lowest BCUT2D eigenvalue weighted by molar-refractivity contribution is -0.118. The van der Waals surface area contributed by atoms with E-state index in [9.17, 15) is 18.0 Å². The number of sulfonamides is 1. The molecule has 0 aromatic heterocycles. The van der Waals surface area contributed by atoms with Gasteiger partial charge in [-0.25, -0.2) is 17.9 Å². The number of nitrogen functional groups attached to an aromatic ring is 1. The summed E-state index contributed by atoms with van der Waals surface area (Å²) in [6.07, 6.45) is -0.140. The Morgan fingerprint density at radius 1 is 1.38 bits per heavy atom. The lowest BCUT2D eigenvalue weighted by atomic mass is 10.2. The van der Waals surface area contributed by atoms with Gasteiger partial charge < -0.3 is 16.2 Å². The summed E-state index contributed by atoms with van der Waals surface area (Å²) in [5.74, 6) is -1.25. The van der Waals surface area contributed by atoms with Crippen LogP contribution in [0.4, 0.5) is 5.69 Å². The maximum Gasteiger partial charge on any atom is 0.337 e. The summed E-state index contributed by atoms with van der Waals surface area (Å²) < 4.78 is 31.1. The summed E-state index contributed by atoms with van der Waals surface area (Å²) in [7, 11) is -2.72. The van der Waals surface area contributed by atoms with Crippen LogP contribution in [0.15, 0.2) is 23.1 Å². The maximum atomic E-state index is 12.1. The van der Waals surface area contributed by atoms with Crippen LogP contribution in [0.1, 0.15) is 23.7 Å². The Morgan fingerprint density at radius 3 is 2.48 bits per heavy atom. The highest BCUT2D eigenvalue weighted by atomic mass is 32.2. The van der Waals surface area contributed by atoms with Crippen molar-refractivity contribution in [3.8, 4) is 0 Å². The first kappa shape index (κ1) is 16.9. The van der Waals surface area contributed by atoms with Gasteiger partial charge >= 0.3 is 5.97 Å². The lowest BCUT2D eigenvalue weighted by Crippen LogP contribution is -2.36. The van der Waals surface area contributed by atoms with E-state index in [0.29, 0.717) is 0 Å². The monoisotopic (exact) mass is 315 g/mol. The van der Waals surface area contributed by atoms with E-state index in [2.05, 4.69) is 9.46 Å². The third-order valence-electron chi connectivity index (χ3n) is 2.58. The fourth-order valence-electron chi connectivity index (χ4n) is 1.71. The van der Waals surface area contributed by atoms with Crippen molar-refractivity contribution in [1.29, 1.82) is 0 Å². The smallest absolute Gasteiger partial charge is 0.337 e. The van der Waals surface area contributed by atoms with Crippen LogP contribution in [0, 0.1) is 0 Å². The Morgan fingerprint density at radius 2 is 2.00 bits per heavy atom. The minimum atomic E-state index is -3.92. The highest BCUT2D eigenvalue weighted by Gasteiger charge is 2.22. The average molecular weight is 315 g/mol. The van der Waals surface area contributed by atoms with Crippen LogP contribution in [0.5, 0.6) is 0 Å². The van der Waals surface area contributed by atoms with E-state index in [1.54, 1.807) is 0 Å². The molecule has 1 atom stereocenters. The van der Waals surface area contributed by atoms with Crippen molar-refractivity contribution in [2.24, 2.45) is 5.73 Å². The van der Waals surface area contributed by atoms with E-state index in [0.717, 1.165) is 0 Å². The van der Waals surface area contributed by atoms with Crippen molar-refractivity contribution in [3.63, 3.8) is 0 Å². The van der Waals surface area contributed by atoms with Crippen molar-refractivity contribution in [1.82, 2.24) is 4.72 Å². The van der Waals surface area contributed by atoms with Gasteiger partial charge in [0.2, 0.25) is 15.9 Å². The molecule has 116 valence electrons. The number of rotatable bonds is 6. The molecule has 5 N–H and O–H groups in total. The van der Waals surface area contributed by atoms with E-state index in [1.807, 2.05) is 0 Å². The number of esters is 1. The Hall–Kier alpha value is -2.13. The quantitative estimate of drug-likeness (QED) is 0.481. The molecule has 9 heteroatoms. The molecule has 0 spiro atoms. The SMILES string of the molecule is COC(=O)c1ccc(S(=O)(=O)NC(C)CC(N)=O)c(N)c1. The van der Waals surface area contributed by atoms with E-state index in [-0.39, 0.29) is 22.6 Å². The molecular formula is C12H17N3O5S. The van der Waals surface area contributed by atoms with Gasteiger partial charge in [-0.15, -0.1) is 0 Å². The molecule has 0 aliphatic rings. The van der Waals surface area contributed by atoms with Gasteiger partial charge in [0.25, 0.3) is 0 Å². The molecule has 1 amide bonds. The Bertz CT molecular complexity index is 657. The number of nitrogens with one attached hydrogen (secondary N) is 1. The van der Waals surface area contributed by atoms with E-state index in [1.165, 1.54) is 32.2 Å². The van der Waals surface area contributed by atoms with Gasteiger partial charge in [-0.3, -0.25) is 4.79 Å². The lowest BCUT2D eigenvalue weighted by Gasteiger charge is -2.14. The minimum absolute atomic E-state index is 0.100. The zero-order chi connectivity index (χ0) is 16.2. The molecule has 0 radical (unpaired) electrons. The number of ether oxygens (including phenoxy) is 1. The van der Waals surface area contributed by atoms with E-state index < -0.39 is 27.9 Å². The van der Waals surface area contributed by atoms with Crippen molar-refractivity contribution < 1.29 is 22.7 Å². The number of hydrogen-bond acceptors (Lipinski definition) is 6. The van der Waals surface area contributed by atoms with Crippen LogP contribution in [0.2, 0.25) is 0 Å². The van der Waals surface area contributed by atoms with Crippen LogP contribution in [-0.2, 0) is 19.6 Å². The fraction of sp³-hybridized carbons (Fsp3) is 0.333. The predicted molar refractivity (Wildman–Crippen MR) is 75.8 cm³/mol. The molecule has 1 aromatic rings. The topological polar surface area (TPSA) is 142 Å². The highest BCUT2D eigenvalue weighted by molar-refractivity contribution is 7.89. The molecule has 0 bridgehead atoms. The van der Waals surface area contributed by atoms with Crippen LogP contribution in [0.3, 0.4) is 0 Å². The molecule has 1 rings (SSSR count). The molecule has 0 saturated carbocycles. The molecule has 21 heavy (non-hydrogen) atoms. The summed E-state index contributed by atoms with van der Waals surface area (Å²) in [4.78, 5) is 21.9. The first-order valence-corrected chi connectivity index (χ1v) is 7.44. The predicted octanol–water partition coefficient (Wildman–Crippen LogP) is -0.402. The molecule has 0 aliphatic heterocycles. The van der Waals surface area contributed by atoms with Crippen LogP contribution in [0.25, 0.3) is 0 Å². The zero-order valence-corrected chi connectivity index (χ0v) is 12.4. The summed E-state index contributed by atoms with van der Waals surface area (Å²) in [6.45, 7) is 1.50. The Kier molecular flexibility index (Phi) is 5.28. The van der Waals surface area contributed by atoms with Gasteiger partial charge in [0, 0.05) is 12.5 Å². The first-order chi connectivity index (χ1) is 9.67.